The van der Waals surface area contributed by atoms with Gasteiger partial charge in [-0.3, -0.25) is 15.5 Å². The molecule has 0 aromatic heterocycles. The van der Waals surface area contributed by atoms with Crippen molar-refractivity contribution >= 4 is 0 Å². The van der Waals surface area contributed by atoms with E-state index in [9.17, 15) is 5.11 Å². The third kappa shape index (κ3) is 3.35. The van der Waals surface area contributed by atoms with Gasteiger partial charge in [0.05, 0.1) is 0 Å². The summed E-state index contributed by atoms with van der Waals surface area (Å²) in [5.41, 5.74) is 0. The van der Waals surface area contributed by atoms with E-state index in [1.165, 1.54) is 45.1 Å². The minimum Gasteiger partial charge on any atom is -0.378 e. The third-order valence-corrected chi connectivity index (χ3v) is 5.81. The van der Waals surface area contributed by atoms with Crippen LogP contribution in [0.15, 0.2) is 0 Å². The monoisotopic (exact) mass is 281 g/mol. The van der Waals surface area contributed by atoms with Gasteiger partial charge in [0.2, 0.25) is 0 Å². The molecule has 0 amide bonds. The molecular weight excluding hydrogens is 250 g/mol. The zero-order valence-electron chi connectivity index (χ0n) is 12.9. The molecule has 3 aliphatic rings. The van der Waals surface area contributed by atoms with E-state index in [4.69, 9.17) is 0 Å². The van der Waals surface area contributed by atoms with Gasteiger partial charge >= 0.3 is 0 Å². The molecule has 1 aliphatic carbocycles. The summed E-state index contributed by atoms with van der Waals surface area (Å²) in [4.78, 5) is 2.65. The Hall–Kier alpha value is -0.160. The minimum absolute atomic E-state index is 0.316. The van der Waals surface area contributed by atoms with Crippen LogP contribution in [0.4, 0.5) is 0 Å². The highest BCUT2D eigenvalue weighted by atomic mass is 16.3. The first-order valence-corrected chi connectivity index (χ1v) is 8.63. The lowest BCUT2D eigenvalue weighted by molar-refractivity contribution is -0.0310. The maximum atomic E-state index is 10.1. The molecule has 0 radical (unpaired) electrons. The van der Waals surface area contributed by atoms with Crippen LogP contribution in [0.2, 0.25) is 0 Å². The van der Waals surface area contributed by atoms with Gasteiger partial charge < -0.3 is 5.11 Å². The van der Waals surface area contributed by atoms with Crippen LogP contribution in [0.25, 0.3) is 0 Å². The second-order valence-corrected chi connectivity index (χ2v) is 7.17. The second-order valence-electron chi connectivity index (χ2n) is 7.17. The predicted molar refractivity (Wildman–Crippen MR) is 81.3 cm³/mol. The van der Waals surface area contributed by atoms with Gasteiger partial charge in [0.1, 0.15) is 6.23 Å². The fourth-order valence-electron chi connectivity index (χ4n) is 4.42. The van der Waals surface area contributed by atoms with Gasteiger partial charge in [-0.2, -0.15) is 0 Å². The SMILES string of the molecule is CC1CC2C(O)NCNC2CN1CCC1CCCCC1. The molecule has 0 bridgehead atoms. The van der Waals surface area contributed by atoms with Crippen LogP contribution in [0.1, 0.15) is 51.9 Å². The summed E-state index contributed by atoms with van der Waals surface area (Å²) < 4.78 is 0. The fourth-order valence-corrected chi connectivity index (χ4v) is 4.42. The average Bonchev–Trinajstić information content (AvgIpc) is 2.47. The van der Waals surface area contributed by atoms with Gasteiger partial charge in [-0.25, -0.2) is 0 Å². The smallest absolute Gasteiger partial charge is 0.110 e. The van der Waals surface area contributed by atoms with E-state index >= 15 is 0 Å². The number of rotatable bonds is 3. The zero-order chi connectivity index (χ0) is 13.9. The summed E-state index contributed by atoms with van der Waals surface area (Å²) in [5.74, 6) is 1.35. The van der Waals surface area contributed by atoms with Crippen LogP contribution in [-0.4, -0.2) is 48.1 Å². The van der Waals surface area contributed by atoms with E-state index in [1.807, 2.05) is 0 Å². The Bertz CT molecular complexity index is 306. The van der Waals surface area contributed by atoms with Crippen molar-refractivity contribution in [2.75, 3.05) is 19.8 Å². The summed E-state index contributed by atoms with van der Waals surface area (Å²) in [7, 11) is 0. The molecule has 4 unspecified atom stereocenters. The number of nitrogens with one attached hydrogen (secondary N) is 2. The first-order valence-electron chi connectivity index (χ1n) is 8.63. The number of aliphatic hydroxyl groups is 1. The Balaban J connectivity index is 1.49. The molecule has 2 heterocycles. The maximum Gasteiger partial charge on any atom is 0.110 e. The normalized spacial score (nSPS) is 40.5. The van der Waals surface area contributed by atoms with Crippen molar-refractivity contribution in [2.24, 2.45) is 11.8 Å². The highest BCUT2D eigenvalue weighted by Gasteiger charge is 2.39. The maximum absolute atomic E-state index is 10.1. The quantitative estimate of drug-likeness (QED) is 0.734. The van der Waals surface area contributed by atoms with Crippen molar-refractivity contribution in [3.63, 3.8) is 0 Å². The molecule has 20 heavy (non-hydrogen) atoms. The molecule has 3 N–H and O–H groups in total. The van der Waals surface area contributed by atoms with E-state index in [0.717, 1.165) is 25.6 Å². The van der Waals surface area contributed by atoms with E-state index in [0.29, 0.717) is 18.0 Å². The van der Waals surface area contributed by atoms with E-state index in [-0.39, 0.29) is 6.23 Å². The molecule has 3 rings (SSSR count). The Labute approximate surface area is 123 Å². The van der Waals surface area contributed by atoms with Gasteiger partial charge in [0, 0.05) is 31.2 Å². The van der Waals surface area contributed by atoms with Crippen LogP contribution in [0.3, 0.4) is 0 Å². The molecule has 4 nitrogen and oxygen atoms in total. The number of aliphatic hydroxyl groups excluding tert-OH is 1. The lowest BCUT2D eigenvalue weighted by atomic mass is 9.83. The fraction of sp³-hybridized carbons (Fsp3) is 1.00. The van der Waals surface area contributed by atoms with Gasteiger partial charge in [-0.15, -0.1) is 0 Å². The number of fused-ring (bicyclic) bond motifs is 1. The Morgan fingerprint density at radius 2 is 1.95 bits per heavy atom. The van der Waals surface area contributed by atoms with Crippen LogP contribution < -0.4 is 10.6 Å². The van der Waals surface area contributed by atoms with Gasteiger partial charge in [-0.1, -0.05) is 32.1 Å². The van der Waals surface area contributed by atoms with Crippen molar-refractivity contribution in [3.05, 3.63) is 0 Å². The molecule has 3 fully saturated rings. The number of hydrogen-bond donors (Lipinski definition) is 3. The molecule has 4 atom stereocenters. The lowest BCUT2D eigenvalue weighted by Crippen LogP contribution is -2.65. The van der Waals surface area contributed by atoms with E-state index < -0.39 is 0 Å². The largest absolute Gasteiger partial charge is 0.378 e. The molecule has 4 heteroatoms. The topological polar surface area (TPSA) is 47.5 Å². The van der Waals surface area contributed by atoms with E-state index in [1.54, 1.807) is 0 Å². The van der Waals surface area contributed by atoms with Crippen molar-refractivity contribution in [1.82, 2.24) is 15.5 Å². The summed E-state index contributed by atoms with van der Waals surface area (Å²) in [5, 5.41) is 16.7. The zero-order valence-corrected chi connectivity index (χ0v) is 12.9. The molecule has 2 saturated heterocycles. The molecule has 116 valence electrons. The second kappa shape index (κ2) is 6.73. The number of likely N-dealkylation sites (tertiary alicyclic amines) is 1. The minimum atomic E-state index is -0.316. The number of nitrogens with zero attached hydrogens (tertiary/aromatic N) is 1. The predicted octanol–water partition coefficient (Wildman–Crippen LogP) is 1.50. The molecular formula is C16H31N3O. The number of hydrogen-bond acceptors (Lipinski definition) is 4. The van der Waals surface area contributed by atoms with Gasteiger partial charge in [-0.05, 0) is 32.2 Å². The summed E-state index contributed by atoms with van der Waals surface area (Å²) in [6.07, 6.45) is 9.43. The van der Waals surface area contributed by atoms with Crippen LogP contribution in [0.5, 0.6) is 0 Å². The molecule has 1 saturated carbocycles. The summed E-state index contributed by atoms with van der Waals surface area (Å²) >= 11 is 0. The van der Waals surface area contributed by atoms with Crippen molar-refractivity contribution < 1.29 is 5.11 Å². The summed E-state index contributed by atoms with van der Waals surface area (Å²) in [6.45, 7) is 5.43. The molecule has 0 aromatic carbocycles. The van der Waals surface area contributed by atoms with Crippen molar-refractivity contribution in [2.45, 2.75) is 70.2 Å². The van der Waals surface area contributed by atoms with Crippen molar-refractivity contribution in [3.8, 4) is 0 Å². The first-order chi connectivity index (χ1) is 9.74. The molecule has 2 aliphatic heterocycles. The van der Waals surface area contributed by atoms with E-state index in [2.05, 4.69) is 22.5 Å². The van der Waals surface area contributed by atoms with Crippen molar-refractivity contribution in [1.29, 1.82) is 0 Å². The third-order valence-electron chi connectivity index (χ3n) is 5.81. The molecule has 0 spiro atoms. The Kier molecular flexibility index (Phi) is 4.97. The van der Waals surface area contributed by atoms with Crippen LogP contribution in [-0.2, 0) is 0 Å². The average molecular weight is 281 g/mol. The molecule has 0 aromatic rings. The highest BCUT2D eigenvalue weighted by Crippen LogP contribution is 2.30. The lowest BCUT2D eigenvalue weighted by Gasteiger charge is -2.47. The Morgan fingerprint density at radius 3 is 2.75 bits per heavy atom. The van der Waals surface area contributed by atoms with Gasteiger partial charge in [0.15, 0.2) is 0 Å². The van der Waals surface area contributed by atoms with Crippen LogP contribution >= 0.6 is 0 Å². The Morgan fingerprint density at radius 1 is 1.15 bits per heavy atom. The van der Waals surface area contributed by atoms with Crippen LogP contribution in [0, 0.1) is 11.8 Å². The first kappa shape index (κ1) is 14.8. The summed E-state index contributed by atoms with van der Waals surface area (Å²) in [6, 6.07) is 1.07. The van der Waals surface area contributed by atoms with Gasteiger partial charge in [0.25, 0.3) is 0 Å². The highest BCUT2D eigenvalue weighted by molar-refractivity contribution is 4.94. The standard InChI is InChI=1S/C16H31N3O/c1-12-9-14-15(17-11-18-16(14)20)10-19(12)8-7-13-5-3-2-4-6-13/h12-18,20H,2-11H2,1H3. The number of piperidine rings is 1.